The SMILES string of the molecule is CCN1C(=O)/C(=C/c2ccc(Br)cc2)SC1=NS(=O)(=O)c1ccc(F)cc1. The molecule has 2 aromatic carbocycles. The first-order chi connectivity index (χ1) is 12.8. The zero-order valence-corrected chi connectivity index (χ0v) is 17.3. The molecule has 1 aliphatic heterocycles. The second-order valence-electron chi connectivity index (χ2n) is 5.51. The summed E-state index contributed by atoms with van der Waals surface area (Å²) in [6, 6.07) is 11.8. The number of nitrogens with zero attached hydrogens (tertiary/aromatic N) is 2. The van der Waals surface area contributed by atoms with Gasteiger partial charge >= 0.3 is 0 Å². The summed E-state index contributed by atoms with van der Waals surface area (Å²) >= 11 is 4.35. The Morgan fingerprint density at radius 2 is 1.78 bits per heavy atom. The normalized spacial score (nSPS) is 17.9. The van der Waals surface area contributed by atoms with Crippen molar-refractivity contribution in [1.29, 1.82) is 0 Å². The van der Waals surface area contributed by atoms with E-state index in [9.17, 15) is 17.6 Å². The largest absolute Gasteiger partial charge is 0.286 e. The number of sulfonamides is 1. The summed E-state index contributed by atoms with van der Waals surface area (Å²) < 4.78 is 42.7. The van der Waals surface area contributed by atoms with Crippen molar-refractivity contribution >= 4 is 54.9 Å². The summed E-state index contributed by atoms with van der Waals surface area (Å²) in [5.41, 5.74) is 0.813. The van der Waals surface area contributed by atoms with Crippen LogP contribution >= 0.6 is 27.7 Å². The molecule has 0 spiro atoms. The highest BCUT2D eigenvalue weighted by atomic mass is 79.9. The van der Waals surface area contributed by atoms with Gasteiger partial charge in [-0.05, 0) is 66.7 Å². The molecule has 0 radical (unpaired) electrons. The van der Waals surface area contributed by atoms with Crippen LogP contribution in [0.2, 0.25) is 0 Å². The van der Waals surface area contributed by atoms with Gasteiger partial charge in [0.05, 0.1) is 9.80 Å². The molecule has 5 nitrogen and oxygen atoms in total. The van der Waals surface area contributed by atoms with Crippen molar-refractivity contribution in [3.8, 4) is 0 Å². The van der Waals surface area contributed by atoms with E-state index < -0.39 is 15.8 Å². The maximum absolute atomic E-state index is 13.0. The Bertz CT molecular complexity index is 1030. The zero-order valence-electron chi connectivity index (χ0n) is 14.1. The first-order valence-corrected chi connectivity index (χ1v) is 10.9. The van der Waals surface area contributed by atoms with Crippen molar-refractivity contribution < 1.29 is 17.6 Å². The molecule has 3 rings (SSSR count). The number of carbonyl (C=O) groups is 1. The third kappa shape index (κ3) is 4.48. The summed E-state index contributed by atoms with van der Waals surface area (Å²) in [5, 5.41) is 0.0789. The van der Waals surface area contributed by atoms with E-state index in [4.69, 9.17) is 0 Å². The number of hydrogen-bond acceptors (Lipinski definition) is 4. The molecule has 2 aromatic rings. The van der Waals surface area contributed by atoms with Gasteiger partial charge in [0.1, 0.15) is 5.82 Å². The lowest BCUT2D eigenvalue weighted by Gasteiger charge is -2.11. The molecule has 0 saturated carbocycles. The lowest BCUT2D eigenvalue weighted by Crippen LogP contribution is -2.29. The maximum atomic E-state index is 13.0. The highest BCUT2D eigenvalue weighted by Gasteiger charge is 2.34. The van der Waals surface area contributed by atoms with E-state index in [-0.39, 0.29) is 22.5 Å². The molecule has 0 N–H and O–H groups in total. The topological polar surface area (TPSA) is 66.8 Å². The average molecular weight is 469 g/mol. The van der Waals surface area contributed by atoms with Gasteiger partial charge in [0.25, 0.3) is 15.9 Å². The van der Waals surface area contributed by atoms with Crippen LogP contribution in [0.25, 0.3) is 6.08 Å². The summed E-state index contributed by atoms with van der Waals surface area (Å²) in [7, 11) is -4.06. The van der Waals surface area contributed by atoms with Gasteiger partial charge in [0.15, 0.2) is 5.17 Å². The van der Waals surface area contributed by atoms with Gasteiger partial charge in [0, 0.05) is 11.0 Å². The van der Waals surface area contributed by atoms with Crippen molar-refractivity contribution in [3.63, 3.8) is 0 Å². The Morgan fingerprint density at radius 1 is 1.15 bits per heavy atom. The summed E-state index contributed by atoms with van der Waals surface area (Å²) in [6.07, 6.45) is 1.69. The van der Waals surface area contributed by atoms with E-state index in [1.54, 1.807) is 13.0 Å². The van der Waals surface area contributed by atoms with Gasteiger partial charge < -0.3 is 0 Å². The lowest BCUT2D eigenvalue weighted by molar-refractivity contribution is -0.122. The van der Waals surface area contributed by atoms with Crippen LogP contribution in [0.3, 0.4) is 0 Å². The lowest BCUT2D eigenvalue weighted by atomic mass is 10.2. The monoisotopic (exact) mass is 468 g/mol. The van der Waals surface area contributed by atoms with Crippen LogP contribution in [-0.4, -0.2) is 30.9 Å². The molecule has 1 aliphatic rings. The molecule has 0 bridgehead atoms. The number of amides is 1. The average Bonchev–Trinajstić information content (AvgIpc) is 2.91. The van der Waals surface area contributed by atoms with Crippen LogP contribution in [-0.2, 0) is 14.8 Å². The van der Waals surface area contributed by atoms with Crippen LogP contribution in [0.4, 0.5) is 4.39 Å². The molecule has 27 heavy (non-hydrogen) atoms. The summed E-state index contributed by atoms with van der Waals surface area (Å²) in [4.78, 5) is 14.1. The molecule has 9 heteroatoms. The number of benzene rings is 2. The molecule has 0 aromatic heterocycles. The smallest absolute Gasteiger partial charge is 0.284 e. The van der Waals surface area contributed by atoms with Crippen molar-refractivity contribution in [2.24, 2.45) is 4.40 Å². The molecule has 140 valence electrons. The highest BCUT2D eigenvalue weighted by molar-refractivity contribution is 9.10. The Balaban J connectivity index is 1.95. The molecule has 1 amide bonds. The van der Waals surface area contributed by atoms with Crippen molar-refractivity contribution in [2.75, 3.05) is 6.54 Å². The summed E-state index contributed by atoms with van der Waals surface area (Å²) in [6.45, 7) is 2.02. The third-order valence-corrected chi connectivity index (χ3v) is 6.61. The van der Waals surface area contributed by atoms with Gasteiger partial charge in [-0.1, -0.05) is 28.1 Å². The predicted molar refractivity (Wildman–Crippen MR) is 108 cm³/mol. The van der Waals surface area contributed by atoms with E-state index in [0.717, 1.165) is 46.1 Å². The Morgan fingerprint density at radius 3 is 2.37 bits per heavy atom. The first kappa shape index (κ1) is 19.8. The number of hydrogen-bond donors (Lipinski definition) is 0. The van der Waals surface area contributed by atoms with E-state index in [0.29, 0.717) is 4.91 Å². The molecule has 1 saturated heterocycles. The minimum Gasteiger partial charge on any atom is -0.286 e. The maximum Gasteiger partial charge on any atom is 0.284 e. The molecular formula is C18H14BrFN2O3S2. The van der Waals surface area contributed by atoms with Crippen LogP contribution in [0.1, 0.15) is 12.5 Å². The highest BCUT2D eigenvalue weighted by Crippen LogP contribution is 2.33. The van der Waals surface area contributed by atoms with E-state index in [2.05, 4.69) is 20.3 Å². The molecule has 0 unspecified atom stereocenters. The Hall–Kier alpha value is -1.97. The van der Waals surface area contributed by atoms with Crippen molar-refractivity contribution in [2.45, 2.75) is 11.8 Å². The van der Waals surface area contributed by atoms with E-state index in [1.165, 1.54) is 4.90 Å². The molecular weight excluding hydrogens is 455 g/mol. The van der Waals surface area contributed by atoms with E-state index in [1.807, 2.05) is 24.3 Å². The molecule has 0 aliphatic carbocycles. The van der Waals surface area contributed by atoms with Gasteiger partial charge in [-0.2, -0.15) is 8.42 Å². The van der Waals surface area contributed by atoms with Gasteiger partial charge in [-0.15, -0.1) is 4.40 Å². The second-order valence-corrected chi connectivity index (χ2v) is 9.04. The van der Waals surface area contributed by atoms with Gasteiger partial charge in [-0.3, -0.25) is 9.69 Å². The van der Waals surface area contributed by atoms with Gasteiger partial charge in [0.2, 0.25) is 0 Å². The molecule has 1 fully saturated rings. The van der Waals surface area contributed by atoms with Crippen LogP contribution < -0.4 is 0 Å². The molecule has 0 atom stereocenters. The number of amidine groups is 1. The number of halogens is 2. The fourth-order valence-electron chi connectivity index (χ4n) is 2.33. The molecule has 1 heterocycles. The quantitative estimate of drug-likeness (QED) is 0.628. The van der Waals surface area contributed by atoms with Gasteiger partial charge in [-0.25, -0.2) is 4.39 Å². The Labute approximate surface area is 169 Å². The van der Waals surface area contributed by atoms with Crippen molar-refractivity contribution in [3.05, 3.63) is 69.3 Å². The third-order valence-electron chi connectivity index (χ3n) is 3.68. The standard InChI is InChI=1S/C18H14BrFN2O3S2/c1-2-22-17(23)16(11-12-3-5-13(19)6-4-12)26-18(22)21-27(24,25)15-9-7-14(20)8-10-15/h3-11H,2H2,1H3/b16-11-,21-18?. The number of carbonyl (C=O) groups excluding carboxylic acids is 1. The summed E-state index contributed by atoms with van der Waals surface area (Å²) in [5.74, 6) is -0.847. The first-order valence-electron chi connectivity index (χ1n) is 7.87. The van der Waals surface area contributed by atoms with E-state index >= 15 is 0 Å². The Kier molecular flexibility index (Phi) is 5.83. The zero-order chi connectivity index (χ0) is 19.6. The number of likely N-dealkylation sites (N-methyl/N-ethyl adjacent to an activating group) is 1. The number of rotatable bonds is 4. The minimum absolute atomic E-state index is 0.0789. The van der Waals surface area contributed by atoms with Crippen molar-refractivity contribution in [1.82, 2.24) is 4.90 Å². The van der Waals surface area contributed by atoms with Crippen LogP contribution in [0, 0.1) is 5.82 Å². The number of thioether (sulfide) groups is 1. The second kappa shape index (κ2) is 7.95. The van der Waals surface area contributed by atoms with Crippen LogP contribution in [0.5, 0.6) is 0 Å². The fourth-order valence-corrected chi connectivity index (χ4v) is 4.84. The predicted octanol–water partition coefficient (Wildman–Crippen LogP) is 4.27. The minimum atomic E-state index is -4.06. The van der Waals surface area contributed by atoms with Crippen LogP contribution in [0.15, 0.2) is 67.2 Å². The fraction of sp³-hybridized carbons (Fsp3) is 0.111.